The number of amides is 1. The second-order valence-electron chi connectivity index (χ2n) is 5.76. The van der Waals surface area contributed by atoms with Crippen molar-refractivity contribution in [2.24, 2.45) is 11.7 Å². The second-order valence-corrected chi connectivity index (χ2v) is 5.76. The fraction of sp³-hybridized carbons (Fsp3) is 0.867. The summed E-state index contributed by atoms with van der Waals surface area (Å²) in [6, 6.07) is -0.293. The van der Waals surface area contributed by atoms with Crippen LogP contribution in [0.2, 0.25) is 0 Å². The van der Waals surface area contributed by atoms with E-state index in [-0.39, 0.29) is 23.8 Å². The van der Waals surface area contributed by atoms with Crippen molar-refractivity contribution in [1.29, 1.82) is 0 Å². The molecule has 0 aromatic carbocycles. The molecule has 1 fully saturated rings. The van der Waals surface area contributed by atoms with Gasteiger partial charge in [-0.25, -0.2) is 0 Å². The SMILES string of the molecule is CCNC1(C(=O)OC)CCCC1CCCC(NC)C(N)=O. The molecule has 0 aromatic heterocycles. The Balaban J connectivity index is 2.63. The van der Waals surface area contributed by atoms with Crippen LogP contribution < -0.4 is 16.4 Å². The summed E-state index contributed by atoms with van der Waals surface area (Å²) >= 11 is 0. The van der Waals surface area contributed by atoms with Crippen LogP contribution >= 0.6 is 0 Å². The van der Waals surface area contributed by atoms with Gasteiger partial charge in [0.15, 0.2) is 0 Å². The summed E-state index contributed by atoms with van der Waals surface area (Å²) in [5.74, 6) is -0.225. The molecule has 3 atom stereocenters. The fourth-order valence-corrected chi connectivity index (χ4v) is 3.54. The molecule has 3 unspecified atom stereocenters. The fourth-order valence-electron chi connectivity index (χ4n) is 3.54. The van der Waals surface area contributed by atoms with E-state index in [1.807, 2.05) is 6.92 Å². The van der Waals surface area contributed by atoms with E-state index in [1.165, 1.54) is 7.11 Å². The Morgan fingerprint density at radius 1 is 1.48 bits per heavy atom. The van der Waals surface area contributed by atoms with Gasteiger partial charge in [-0.3, -0.25) is 9.59 Å². The van der Waals surface area contributed by atoms with Crippen molar-refractivity contribution >= 4 is 11.9 Å². The summed E-state index contributed by atoms with van der Waals surface area (Å²) in [6.45, 7) is 2.75. The Labute approximate surface area is 127 Å². The van der Waals surface area contributed by atoms with E-state index < -0.39 is 5.54 Å². The Morgan fingerprint density at radius 3 is 2.71 bits per heavy atom. The third-order valence-electron chi connectivity index (χ3n) is 4.60. The van der Waals surface area contributed by atoms with Crippen molar-refractivity contribution < 1.29 is 14.3 Å². The van der Waals surface area contributed by atoms with Crippen LogP contribution in [0.5, 0.6) is 0 Å². The van der Waals surface area contributed by atoms with E-state index in [9.17, 15) is 9.59 Å². The number of esters is 1. The maximum absolute atomic E-state index is 12.2. The van der Waals surface area contributed by atoms with Crippen molar-refractivity contribution in [1.82, 2.24) is 10.6 Å². The van der Waals surface area contributed by atoms with E-state index in [2.05, 4.69) is 10.6 Å². The zero-order valence-corrected chi connectivity index (χ0v) is 13.4. The van der Waals surface area contributed by atoms with Gasteiger partial charge >= 0.3 is 5.97 Å². The minimum atomic E-state index is -0.550. The van der Waals surface area contributed by atoms with Crippen LogP contribution in [0.15, 0.2) is 0 Å². The maximum atomic E-state index is 12.2. The van der Waals surface area contributed by atoms with Gasteiger partial charge in [0.1, 0.15) is 5.54 Å². The number of primary amides is 1. The molecule has 0 saturated heterocycles. The number of carbonyl (C=O) groups excluding carboxylic acids is 2. The molecular weight excluding hydrogens is 270 g/mol. The van der Waals surface area contributed by atoms with Crippen LogP contribution in [0.3, 0.4) is 0 Å². The topological polar surface area (TPSA) is 93.4 Å². The van der Waals surface area contributed by atoms with Crippen molar-refractivity contribution in [3.05, 3.63) is 0 Å². The van der Waals surface area contributed by atoms with Gasteiger partial charge in [-0.05, 0) is 45.2 Å². The molecule has 0 aromatic rings. The molecule has 6 heteroatoms. The highest BCUT2D eigenvalue weighted by Crippen LogP contribution is 2.39. The van der Waals surface area contributed by atoms with Crippen LogP contribution in [0.25, 0.3) is 0 Å². The van der Waals surface area contributed by atoms with Crippen LogP contribution in [0.4, 0.5) is 0 Å². The average molecular weight is 299 g/mol. The summed E-state index contributed by atoms with van der Waals surface area (Å²) < 4.78 is 5.02. The highest BCUT2D eigenvalue weighted by atomic mass is 16.5. The third-order valence-corrected chi connectivity index (χ3v) is 4.60. The van der Waals surface area contributed by atoms with E-state index in [0.29, 0.717) is 6.42 Å². The first-order valence-corrected chi connectivity index (χ1v) is 7.81. The summed E-state index contributed by atoms with van der Waals surface area (Å²) in [6.07, 6.45) is 5.33. The third kappa shape index (κ3) is 4.17. The number of nitrogens with one attached hydrogen (secondary N) is 2. The van der Waals surface area contributed by atoms with E-state index in [1.54, 1.807) is 7.05 Å². The Morgan fingerprint density at radius 2 is 2.19 bits per heavy atom. The van der Waals surface area contributed by atoms with Gasteiger partial charge in [0.25, 0.3) is 0 Å². The van der Waals surface area contributed by atoms with Gasteiger partial charge < -0.3 is 21.1 Å². The van der Waals surface area contributed by atoms with E-state index >= 15 is 0 Å². The highest BCUT2D eigenvalue weighted by molar-refractivity contribution is 5.81. The highest BCUT2D eigenvalue weighted by Gasteiger charge is 2.48. The lowest BCUT2D eigenvalue weighted by molar-refractivity contribution is -0.150. The van der Waals surface area contributed by atoms with Crippen molar-refractivity contribution in [3.8, 4) is 0 Å². The summed E-state index contributed by atoms with van der Waals surface area (Å²) in [7, 11) is 3.18. The van der Waals surface area contributed by atoms with Crippen LogP contribution in [0, 0.1) is 5.92 Å². The van der Waals surface area contributed by atoms with E-state index in [4.69, 9.17) is 10.5 Å². The van der Waals surface area contributed by atoms with Gasteiger partial charge in [-0.1, -0.05) is 19.8 Å². The maximum Gasteiger partial charge on any atom is 0.326 e. The number of ether oxygens (including phenoxy) is 1. The zero-order chi connectivity index (χ0) is 15.9. The lowest BCUT2D eigenvalue weighted by Gasteiger charge is -2.33. The van der Waals surface area contributed by atoms with Crippen LogP contribution in [-0.4, -0.2) is 44.2 Å². The molecule has 1 aliphatic carbocycles. The van der Waals surface area contributed by atoms with Gasteiger partial charge in [0, 0.05) is 0 Å². The monoisotopic (exact) mass is 299 g/mol. The first-order valence-electron chi connectivity index (χ1n) is 7.81. The molecule has 1 rings (SSSR count). The summed E-state index contributed by atoms with van der Waals surface area (Å²) in [4.78, 5) is 23.4. The Bertz CT molecular complexity index is 362. The first-order chi connectivity index (χ1) is 10.0. The van der Waals surface area contributed by atoms with Gasteiger partial charge in [0.05, 0.1) is 13.2 Å². The largest absolute Gasteiger partial charge is 0.468 e. The lowest BCUT2D eigenvalue weighted by atomic mass is 9.83. The molecule has 0 spiro atoms. The van der Waals surface area contributed by atoms with Gasteiger partial charge in [0.2, 0.25) is 5.91 Å². The van der Waals surface area contributed by atoms with Crippen LogP contribution in [0.1, 0.15) is 45.4 Å². The van der Waals surface area contributed by atoms with Crippen molar-refractivity contribution in [2.75, 3.05) is 20.7 Å². The number of rotatable bonds is 9. The van der Waals surface area contributed by atoms with E-state index in [0.717, 1.165) is 38.6 Å². The molecule has 1 saturated carbocycles. The molecule has 1 aliphatic rings. The van der Waals surface area contributed by atoms with Crippen LogP contribution in [-0.2, 0) is 14.3 Å². The smallest absolute Gasteiger partial charge is 0.326 e. The first kappa shape index (κ1) is 17.9. The standard InChI is InChI=1S/C15H29N3O3/c1-4-18-15(14(20)21-3)10-6-8-11(15)7-5-9-12(17-2)13(16)19/h11-12,17-18H,4-10H2,1-3H3,(H2,16,19). The Kier molecular flexibility index (Phi) is 7.11. The van der Waals surface area contributed by atoms with Crippen molar-refractivity contribution in [3.63, 3.8) is 0 Å². The minimum Gasteiger partial charge on any atom is -0.468 e. The van der Waals surface area contributed by atoms with Crippen molar-refractivity contribution in [2.45, 2.75) is 57.0 Å². The summed E-state index contributed by atoms with van der Waals surface area (Å²) in [5.41, 5.74) is 4.77. The minimum absolute atomic E-state index is 0.160. The molecule has 0 radical (unpaired) electrons. The zero-order valence-electron chi connectivity index (χ0n) is 13.4. The van der Waals surface area contributed by atoms with Gasteiger partial charge in [-0.2, -0.15) is 0 Å². The van der Waals surface area contributed by atoms with Gasteiger partial charge in [-0.15, -0.1) is 0 Å². The molecule has 0 heterocycles. The molecule has 4 N–H and O–H groups in total. The molecule has 1 amide bonds. The number of nitrogens with two attached hydrogens (primary N) is 1. The predicted molar refractivity (Wildman–Crippen MR) is 81.7 cm³/mol. The summed E-state index contributed by atoms with van der Waals surface area (Å²) in [5, 5.41) is 6.28. The normalized spacial score (nSPS) is 26.5. The lowest BCUT2D eigenvalue weighted by Crippen LogP contribution is -2.55. The average Bonchev–Trinajstić information content (AvgIpc) is 2.86. The number of hydrogen-bond donors (Lipinski definition) is 3. The number of hydrogen-bond acceptors (Lipinski definition) is 5. The molecule has 0 bridgehead atoms. The molecule has 122 valence electrons. The quantitative estimate of drug-likeness (QED) is 0.541. The second kappa shape index (κ2) is 8.34. The molecular formula is C15H29N3O3. The molecule has 6 nitrogen and oxygen atoms in total. The Hall–Kier alpha value is -1.14. The predicted octanol–water partition coefficient (Wildman–Crippen LogP) is 0.551. The number of likely N-dealkylation sites (N-methyl/N-ethyl adjacent to an activating group) is 2. The number of carbonyl (C=O) groups is 2. The molecule has 0 aliphatic heterocycles. The molecule has 21 heavy (non-hydrogen) atoms. The number of methoxy groups -OCH3 is 1.